The monoisotopic (exact) mass is 347 g/mol. The lowest BCUT2D eigenvalue weighted by atomic mass is 9.91. The van der Waals surface area contributed by atoms with Crippen LogP contribution in [0, 0.1) is 0 Å². The number of rotatable bonds is 6. The molecule has 0 aromatic heterocycles. The van der Waals surface area contributed by atoms with E-state index in [1.165, 1.54) is 12.1 Å². The van der Waals surface area contributed by atoms with Gasteiger partial charge in [0.05, 0.1) is 0 Å². The van der Waals surface area contributed by atoms with E-state index < -0.39 is 6.61 Å². The fourth-order valence-electron chi connectivity index (χ4n) is 2.21. The molecule has 0 spiro atoms. The maximum Gasteiger partial charge on any atom is 0.387 e. The summed E-state index contributed by atoms with van der Waals surface area (Å²) in [5.41, 5.74) is 0.385. The summed E-state index contributed by atoms with van der Waals surface area (Å²) in [5.74, 6) is -0.118. The molecule has 1 saturated carbocycles. The zero-order valence-electron chi connectivity index (χ0n) is 10.9. The van der Waals surface area contributed by atoms with Crippen LogP contribution in [-0.4, -0.2) is 35.3 Å². The van der Waals surface area contributed by atoms with Crippen molar-refractivity contribution in [1.82, 2.24) is 4.90 Å². The number of nitrogens with zero attached hydrogens (tertiary/aromatic N) is 1. The van der Waals surface area contributed by atoms with Gasteiger partial charge in [-0.2, -0.15) is 8.78 Å². The molecule has 1 amide bonds. The molecule has 0 unspecified atom stereocenters. The zero-order valence-corrected chi connectivity index (χ0v) is 12.5. The standard InChI is InChI=1S/C14H16BrF2NO2/c15-7-8-18(11-4-2-5-11)13(19)10-3-1-6-12(9-10)20-14(16)17/h1,3,6,9,11,14H,2,4-5,7-8H2. The lowest BCUT2D eigenvalue weighted by molar-refractivity contribution is -0.0499. The van der Waals surface area contributed by atoms with Crippen LogP contribution in [0.4, 0.5) is 8.78 Å². The summed E-state index contributed by atoms with van der Waals surface area (Å²) in [6, 6.07) is 6.23. The molecule has 1 aromatic carbocycles. The summed E-state index contributed by atoms with van der Waals surface area (Å²) in [6.45, 7) is -2.27. The number of halogens is 3. The van der Waals surface area contributed by atoms with Gasteiger partial charge in [0.15, 0.2) is 0 Å². The Bertz CT molecular complexity index is 466. The summed E-state index contributed by atoms with van der Waals surface area (Å²) in [7, 11) is 0. The Morgan fingerprint density at radius 2 is 2.20 bits per heavy atom. The van der Waals surface area contributed by atoms with E-state index in [0.29, 0.717) is 17.4 Å². The molecule has 110 valence electrons. The lowest BCUT2D eigenvalue weighted by Gasteiger charge is -2.37. The summed E-state index contributed by atoms with van der Waals surface area (Å²) >= 11 is 3.34. The number of carbonyl (C=O) groups excluding carboxylic acids is 1. The molecule has 6 heteroatoms. The number of ether oxygens (including phenoxy) is 1. The zero-order chi connectivity index (χ0) is 14.5. The van der Waals surface area contributed by atoms with Crippen LogP contribution in [0.2, 0.25) is 0 Å². The molecule has 0 aliphatic heterocycles. The third kappa shape index (κ3) is 3.69. The van der Waals surface area contributed by atoms with Crippen molar-refractivity contribution >= 4 is 21.8 Å². The van der Waals surface area contributed by atoms with E-state index in [2.05, 4.69) is 20.7 Å². The number of benzene rings is 1. The van der Waals surface area contributed by atoms with Crippen LogP contribution >= 0.6 is 15.9 Å². The van der Waals surface area contributed by atoms with Crippen LogP contribution < -0.4 is 4.74 Å². The number of hydrogen-bond donors (Lipinski definition) is 0. The van der Waals surface area contributed by atoms with Crippen molar-refractivity contribution < 1.29 is 18.3 Å². The van der Waals surface area contributed by atoms with E-state index in [4.69, 9.17) is 0 Å². The second-order valence-electron chi connectivity index (χ2n) is 4.68. The first kappa shape index (κ1) is 15.2. The minimum absolute atomic E-state index is 0.0123. The predicted molar refractivity (Wildman–Crippen MR) is 75.5 cm³/mol. The van der Waals surface area contributed by atoms with Crippen LogP contribution in [0.15, 0.2) is 24.3 Å². The Labute approximate surface area is 125 Å². The molecule has 0 bridgehead atoms. The van der Waals surface area contributed by atoms with E-state index >= 15 is 0 Å². The third-order valence-corrected chi connectivity index (χ3v) is 3.76. The van der Waals surface area contributed by atoms with Crippen LogP contribution in [0.25, 0.3) is 0 Å². The molecular weight excluding hydrogens is 332 g/mol. The molecule has 0 heterocycles. The molecule has 3 nitrogen and oxygen atoms in total. The maximum absolute atomic E-state index is 12.5. The first-order valence-electron chi connectivity index (χ1n) is 6.53. The number of amides is 1. The van der Waals surface area contributed by atoms with Crippen molar-refractivity contribution in [3.05, 3.63) is 29.8 Å². The average Bonchev–Trinajstić information content (AvgIpc) is 2.35. The van der Waals surface area contributed by atoms with Gasteiger partial charge < -0.3 is 9.64 Å². The molecule has 0 saturated heterocycles. The molecule has 1 aromatic rings. The molecule has 0 atom stereocenters. The van der Waals surface area contributed by atoms with Crippen molar-refractivity contribution in [3.8, 4) is 5.75 Å². The van der Waals surface area contributed by atoms with E-state index in [1.807, 2.05) is 0 Å². The maximum atomic E-state index is 12.5. The van der Waals surface area contributed by atoms with Crippen molar-refractivity contribution in [2.24, 2.45) is 0 Å². The summed E-state index contributed by atoms with van der Waals surface area (Å²) in [4.78, 5) is 14.3. The fraction of sp³-hybridized carbons (Fsp3) is 0.500. The van der Waals surface area contributed by atoms with E-state index in [0.717, 1.165) is 19.3 Å². The first-order valence-corrected chi connectivity index (χ1v) is 7.66. The Balaban J connectivity index is 2.13. The average molecular weight is 348 g/mol. The molecular formula is C14H16BrF2NO2. The van der Waals surface area contributed by atoms with E-state index in [9.17, 15) is 13.6 Å². The van der Waals surface area contributed by atoms with Gasteiger partial charge in [0, 0.05) is 23.5 Å². The minimum Gasteiger partial charge on any atom is -0.435 e. The number of hydrogen-bond acceptors (Lipinski definition) is 2. The quantitative estimate of drug-likeness (QED) is 0.734. The van der Waals surface area contributed by atoms with Crippen molar-refractivity contribution in [2.45, 2.75) is 31.9 Å². The Hall–Kier alpha value is -1.17. The second-order valence-corrected chi connectivity index (χ2v) is 5.47. The summed E-state index contributed by atoms with van der Waals surface area (Å²) in [6.07, 6.45) is 3.14. The number of alkyl halides is 3. The highest BCUT2D eigenvalue weighted by atomic mass is 79.9. The van der Waals surface area contributed by atoms with Gasteiger partial charge in [-0.05, 0) is 37.5 Å². The minimum atomic E-state index is -2.88. The van der Waals surface area contributed by atoms with Crippen LogP contribution in [0.1, 0.15) is 29.6 Å². The summed E-state index contributed by atoms with van der Waals surface area (Å²) < 4.78 is 28.7. The number of carbonyl (C=O) groups is 1. The molecule has 2 rings (SSSR count). The second kappa shape index (κ2) is 7.02. The summed E-state index contributed by atoms with van der Waals surface area (Å²) in [5, 5.41) is 0.697. The van der Waals surface area contributed by atoms with Gasteiger partial charge in [0.1, 0.15) is 5.75 Å². The molecule has 20 heavy (non-hydrogen) atoms. The fourth-order valence-corrected chi connectivity index (χ4v) is 2.59. The van der Waals surface area contributed by atoms with Gasteiger partial charge in [-0.1, -0.05) is 22.0 Å². The van der Waals surface area contributed by atoms with Crippen LogP contribution in [-0.2, 0) is 0 Å². The van der Waals surface area contributed by atoms with Gasteiger partial charge in [-0.15, -0.1) is 0 Å². The highest BCUT2D eigenvalue weighted by Gasteiger charge is 2.29. The lowest BCUT2D eigenvalue weighted by Crippen LogP contribution is -2.45. The highest BCUT2D eigenvalue weighted by Crippen LogP contribution is 2.27. The van der Waals surface area contributed by atoms with Gasteiger partial charge in [0.25, 0.3) is 5.91 Å². The van der Waals surface area contributed by atoms with E-state index in [-0.39, 0.29) is 17.7 Å². The van der Waals surface area contributed by atoms with Gasteiger partial charge in [-0.25, -0.2) is 0 Å². The molecule has 1 fully saturated rings. The molecule has 0 radical (unpaired) electrons. The Morgan fingerprint density at radius 1 is 1.45 bits per heavy atom. The highest BCUT2D eigenvalue weighted by molar-refractivity contribution is 9.09. The van der Waals surface area contributed by atoms with Crippen molar-refractivity contribution in [1.29, 1.82) is 0 Å². The van der Waals surface area contributed by atoms with Gasteiger partial charge in [0.2, 0.25) is 0 Å². The topological polar surface area (TPSA) is 29.5 Å². The molecule has 0 N–H and O–H groups in total. The van der Waals surface area contributed by atoms with Gasteiger partial charge in [-0.3, -0.25) is 4.79 Å². The largest absolute Gasteiger partial charge is 0.435 e. The van der Waals surface area contributed by atoms with Crippen LogP contribution in [0.5, 0.6) is 5.75 Å². The molecule has 1 aliphatic rings. The third-order valence-electron chi connectivity index (χ3n) is 3.41. The SMILES string of the molecule is O=C(c1cccc(OC(F)F)c1)N(CCBr)C1CCC1. The van der Waals surface area contributed by atoms with Crippen LogP contribution in [0.3, 0.4) is 0 Å². The molecule has 1 aliphatic carbocycles. The van der Waals surface area contributed by atoms with Crippen molar-refractivity contribution in [2.75, 3.05) is 11.9 Å². The Kier molecular flexibility index (Phi) is 5.34. The first-order chi connectivity index (χ1) is 9.61. The van der Waals surface area contributed by atoms with E-state index in [1.54, 1.807) is 17.0 Å². The normalized spacial score (nSPS) is 15.0. The predicted octanol–water partition coefficient (Wildman–Crippen LogP) is 3.68. The Morgan fingerprint density at radius 3 is 2.75 bits per heavy atom. The van der Waals surface area contributed by atoms with Gasteiger partial charge >= 0.3 is 6.61 Å². The smallest absolute Gasteiger partial charge is 0.387 e. The van der Waals surface area contributed by atoms with Crippen molar-refractivity contribution in [3.63, 3.8) is 0 Å².